The van der Waals surface area contributed by atoms with E-state index in [1.54, 1.807) is 17.9 Å². The molecule has 1 saturated heterocycles. The lowest BCUT2D eigenvalue weighted by molar-refractivity contribution is 0.0743. The Balaban J connectivity index is 1.68. The minimum absolute atomic E-state index is 0.0539. The number of carbonyl (C=O) groups excluding carboxylic acids is 1. The highest BCUT2D eigenvalue weighted by Gasteiger charge is 2.26. The van der Waals surface area contributed by atoms with E-state index in [0.29, 0.717) is 30.5 Å². The first-order chi connectivity index (χ1) is 12.5. The summed E-state index contributed by atoms with van der Waals surface area (Å²) in [6.45, 7) is 7.43. The van der Waals surface area contributed by atoms with Crippen LogP contribution in [0.3, 0.4) is 0 Å². The Morgan fingerprint density at radius 1 is 1.27 bits per heavy atom. The number of hydrogen-bond acceptors (Lipinski definition) is 7. The second kappa shape index (κ2) is 7.59. The molecule has 140 valence electrons. The van der Waals surface area contributed by atoms with Gasteiger partial charge in [0.15, 0.2) is 0 Å². The van der Waals surface area contributed by atoms with Gasteiger partial charge < -0.3 is 19.9 Å². The number of rotatable bonds is 5. The summed E-state index contributed by atoms with van der Waals surface area (Å²) >= 11 is 0. The van der Waals surface area contributed by atoms with E-state index in [0.717, 1.165) is 31.1 Å². The van der Waals surface area contributed by atoms with E-state index in [2.05, 4.69) is 25.3 Å². The van der Waals surface area contributed by atoms with Crippen molar-refractivity contribution < 1.29 is 9.53 Å². The van der Waals surface area contributed by atoms with Gasteiger partial charge in [-0.15, -0.1) is 5.10 Å². The van der Waals surface area contributed by atoms with Gasteiger partial charge in [-0.2, -0.15) is 4.98 Å². The van der Waals surface area contributed by atoms with Crippen LogP contribution in [0.4, 0.5) is 11.8 Å². The van der Waals surface area contributed by atoms with E-state index in [9.17, 15) is 4.79 Å². The number of aryl methyl sites for hydroxylation is 2. The van der Waals surface area contributed by atoms with Crippen molar-refractivity contribution in [3.8, 4) is 5.88 Å². The number of nitrogens with one attached hydrogen (secondary N) is 1. The molecule has 0 unspecified atom stereocenters. The third-order valence-electron chi connectivity index (χ3n) is 4.29. The summed E-state index contributed by atoms with van der Waals surface area (Å²) in [6, 6.07) is 1.97. The molecular weight excluding hydrogens is 334 g/mol. The van der Waals surface area contributed by atoms with Gasteiger partial charge in [-0.05, 0) is 13.8 Å². The molecule has 0 radical (unpaired) electrons. The SMILES string of the molecule is CCNc1nc(C)cc(N2CCN(C(=O)c3cn(C)nc3OC)CC2)n1. The maximum Gasteiger partial charge on any atom is 0.261 e. The van der Waals surface area contributed by atoms with Crippen LogP contribution >= 0.6 is 0 Å². The number of aromatic nitrogens is 4. The van der Waals surface area contributed by atoms with Gasteiger partial charge in [0, 0.05) is 57.7 Å². The predicted octanol–water partition coefficient (Wildman–Crippen LogP) is 0.921. The molecule has 1 fully saturated rings. The number of methoxy groups -OCH3 is 1. The Morgan fingerprint density at radius 3 is 2.65 bits per heavy atom. The number of ether oxygens (including phenoxy) is 1. The number of piperazine rings is 1. The third-order valence-corrected chi connectivity index (χ3v) is 4.29. The van der Waals surface area contributed by atoms with E-state index < -0.39 is 0 Å². The molecule has 26 heavy (non-hydrogen) atoms. The van der Waals surface area contributed by atoms with Gasteiger partial charge in [0.25, 0.3) is 5.91 Å². The Labute approximate surface area is 153 Å². The largest absolute Gasteiger partial charge is 0.479 e. The van der Waals surface area contributed by atoms with Crippen molar-refractivity contribution in [2.24, 2.45) is 7.05 Å². The van der Waals surface area contributed by atoms with Gasteiger partial charge in [-0.25, -0.2) is 4.98 Å². The molecule has 0 atom stereocenters. The molecule has 1 N–H and O–H groups in total. The predicted molar refractivity (Wildman–Crippen MR) is 98.8 cm³/mol. The smallest absolute Gasteiger partial charge is 0.261 e. The van der Waals surface area contributed by atoms with Crippen LogP contribution in [0.2, 0.25) is 0 Å². The molecule has 0 saturated carbocycles. The second-order valence-corrected chi connectivity index (χ2v) is 6.23. The summed E-state index contributed by atoms with van der Waals surface area (Å²) in [4.78, 5) is 25.7. The maximum absolute atomic E-state index is 12.8. The van der Waals surface area contributed by atoms with Gasteiger partial charge in [0.1, 0.15) is 11.4 Å². The average Bonchev–Trinajstić information content (AvgIpc) is 3.02. The molecular formula is C17H25N7O2. The summed E-state index contributed by atoms with van der Waals surface area (Å²) in [5, 5.41) is 7.31. The van der Waals surface area contributed by atoms with Crippen LogP contribution in [0.5, 0.6) is 5.88 Å². The quantitative estimate of drug-likeness (QED) is 0.849. The van der Waals surface area contributed by atoms with Crippen molar-refractivity contribution in [2.45, 2.75) is 13.8 Å². The molecule has 0 aromatic carbocycles. The van der Waals surface area contributed by atoms with Crippen LogP contribution in [0, 0.1) is 6.92 Å². The molecule has 1 aliphatic rings. The van der Waals surface area contributed by atoms with Crippen LogP contribution in [0.15, 0.2) is 12.3 Å². The zero-order chi connectivity index (χ0) is 18.7. The number of hydrogen-bond donors (Lipinski definition) is 1. The molecule has 2 aromatic rings. The first-order valence-corrected chi connectivity index (χ1v) is 8.73. The summed E-state index contributed by atoms with van der Waals surface area (Å²) in [7, 11) is 3.30. The number of amides is 1. The van der Waals surface area contributed by atoms with Crippen molar-refractivity contribution >= 4 is 17.7 Å². The third kappa shape index (κ3) is 3.71. The number of carbonyl (C=O) groups is 1. The molecule has 1 aliphatic heterocycles. The fourth-order valence-corrected chi connectivity index (χ4v) is 3.03. The number of anilines is 2. The summed E-state index contributed by atoms with van der Waals surface area (Å²) < 4.78 is 6.80. The van der Waals surface area contributed by atoms with Crippen LogP contribution in [0.1, 0.15) is 23.0 Å². The summed E-state index contributed by atoms with van der Waals surface area (Å²) in [6.07, 6.45) is 1.70. The van der Waals surface area contributed by atoms with Gasteiger partial charge >= 0.3 is 0 Å². The Kier molecular flexibility index (Phi) is 5.24. The molecule has 2 aromatic heterocycles. The highest BCUT2D eigenvalue weighted by Crippen LogP contribution is 2.21. The normalized spacial score (nSPS) is 14.5. The van der Waals surface area contributed by atoms with Crippen LogP contribution in [0.25, 0.3) is 0 Å². The maximum atomic E-state index is 12.8. The first-order valence-electron chi connectivity index (χ1n) is 8.73. The Bertz CT molecular complexity index is 781. The molecule has 0 bridgehead atoms. The summed E-state index contributed by atoms with van der Waals surface area (Å²) in [5.74, 6) is 1.84. The van der Waals surface area contributed by atoms with Gasteiger partial charge in [0.2, 0.25) is 11.8 Å². The second-order valence-electron chi connectivity index (χ2n) is 6.23. The van der Waals surface area contributed by atoms with Crippen molar-refractivity contribution in [1.29, 1.82) is 0 Å². The van der Waals surface area contributed by atoms with Crippen molar-refractivity contribution in [3.05, 3.63) is 23.5 Å². The molecule has 9 nitrogen and oxygen atoms in total. The minimum atomic E-state index is -0.0539. The van der Waals surface area contributed by atoms with E-state index in [1.165, 1.54) is 7.11 Å². The minimum Gasteiger partial charge on any atom is -0.479 e. The molecule has 0 spiro atoms. The highest BCUT2D eigenvalue weighted by atomic mass is 16.5. The van der Waals surface area contributed by atoms with E-state index in [1.807, 2.05) is 24.8 Å². The molecule has 3 heterocycles. The highest BCUT2D eigenvalue weighted by molar-refractivity contribution is 5.96. The van der Waals surface area contributed by atoms with Gasteiger partial charge in [0.05, 0.1) is 7.11 Å². The molecule has 1 amide bonds. The van der Waals surface area contributed by atoms with Gasteiger partial charge in [-0.1, -0.05) is 0 Å². The zero-order valence-corrected chi connectivity index (χ0v) is 15.7. The summed E-state index contributed by atoms with van der Waals surface area (Å²) in [5.41, 5.74) is 1.42. The van der Waals surface area contributed by atoms with E-state index in [-0.39, 0.29) is 5.91 Å². The van der Waals surface area contributed by atoms with Crippen molar-refractivity contribution in [3.63, 3.8) is 0 Å². The van der Waals surface area contributed by atoms with Crippen molar-refractivity contribution in [1.82, 2.24) is 24.6 Å². The lowest BCUT2D eigenvalue weighted by atomic mass is 10.2. The number of nitrogens with zero attached hydrogens (tertiary/aromatic N) is 6. The first kappa shape index (κ1) is 18.0. The van der Waals surface area contributed by atoms with Crippen LogP contribution < -0.4 is 15.0 Å². The molecule has 3 rings (SSSR count). The molecule has 9 heteroatoms. The Morgan fingerprint density at radius 2 is 2.00 bits per heavy atom. The standard InChI is InChI=1S/C17H25N7O2/c1-5-18-17-19-12(2)10-14(20-17)23-6-8-24(9-7-23)16(25)13-11-22(3)21-15(13)26-4/h10-11H,5-9H2,1-4H3,(H,18,19,20). The average molecular weight is 359 g/mol. The fourth-order valence-electron chi connectivity index (χ4n) is 3.03. The zero-order valence-electron chi connectivity index (χ0n) is 15.7. The lowest BCUT2D eigenvalue weighted by Crippen LogP contribution is -2.49. The van der Waals surface area contributed by atoms with E-state index in [4.69, 9.17) is 4.74 Å². The monoisotopic (exact) mass is 359 g/mol. The molecule has 0 aliphatic carbocycles. The Hall–Kier alpha value is -2.84. The van der Waals surface area contributed by atoms with E-state index >= 15 is 0 Å². The lowest BCUT2D eigenvalue weighted by Gasteiger charge is -2.35. The van der Waals surface area contributed by atoms with Crippen LogP contribution in [-0.4, -0.2) is 70.4 Å². The van der Waals surface area contributed by atoms with Crippen LogP contribution in [-0.2, 0) is 7.05 Å². The fraction of sp³-hybridized carbons (Fsp3) is 0.529. The topological polar surface area (TPSA) is 88.4 Å². The van der Waals surface area contributed by atoms with Crippen molar-refractivity contribution in [2.75, 3.05) is 50.1 Å². The van der Waals surface area contributed by atoms with Gasteiger partial charge in [-0.3, -0.25) is 9.48 Å².